The third-order valence-corrected chi connectivity index (χ3v) is 4.90. The molecule has 1 aliphatic rings. The van der Waals surface area contributed by atoms with E-state index in [4.69, 9.17) is 0 Å². The van der Waals surface area contributed by atoms with E-state index in [0.29, 0.717) is 0 Å². The van der Waals surface area contributed by atoms with Gasteiger partial charge in [-0.05, 0) is 19.1 Å². The second-order valence-electron chi connectivity index (χ2n) is 5.00. The van der Waals surface area contributed by atoms with E-state index in [9.17, 15) is 18.0 Å². The van der Waals surface area contributed by atoms with E-state index >= 15 is 0 Å². The van der Waals surface area contributed by atoms with Gasteiger partial charge in [-0.1, -0.05) is 17.7 Å². The highest BCUT2D eigenvalue weighted by Gasteiger charge is 2.36. The Morgan fingerprint density at radius 1 is 1.14 bits per heavy atom. The number of amides is 3. The summed E-state index contributed by atoms with van der Waals surface area (Å²) in [6, 6.07) is 5.79. The average Bonchev–Trinajstić information content (AvgIpc) is 2.42. The largest absolute Gasteiger partial charge is 0.327 e. The summed E-state index contributed by atoms with van der Waals surface area (Å²) in [5.41, 5.74) is 0.940. The molecule has 1 aromatic carbocycles. The van der Waals surface area contributed by atoms with Crippen molar-refractivity contribution < 1.29 is 18.0 Å². The van der Waals surface area contributed by atoms with Gasteiger partial charge in [-0.2, -0.15) is 4.72 Å². The van der Waals surface area contributed by atoms with Gasteiger partial charge in [0, 0.05) is 14.1 Å². The number of nitrogens with one attached hydrogen (secondary N) is 1. The van der Waals surface area contributed by atoms with Crippen LogP contribution in [-0.4, -0.2) is 50.4 Å². The normalized spacial score (nSPS) is 20.0. The van der Waals surface area contributed by atoms with Gasteiger partial charge in [-0.3, -0.25) is 9.69 Å². The van der Waals surface area contributed by atoms with Crippen LogP contribution in [0.3, 0.4) is 0 Å². The molecule has 1 unspecified atom stereocenters. The Hall–Kier alpha value is -1.93. The molecular formula is C13H17N3O4S. The lowest BCUT2D eigenvalue weighted by Gasteiger charge is -2.36. The van der Waals surface area contributed by atoms with Gasteiger partial charge in [-0.15, -0.1) is 0 Å². The number of nitrogens with zero attached hydrogens (tertiary/aromatic N) is 2. The fourth-order valence-corrected chi connectivity index (χ4v) is 3.23. The van der Waals surface area contributed by atoms with Crippen LogP contribution in [0.15, 0.2) is 29.2 Å². The zero-order chi connectivity index (χ0) is 15.8. The third kappa shape index (κ3) is 3.06. The average molecular weight is 311 g/mol. The Labute approximate surface area is 123 Å². The Balaban J connectivity index is 2.22. The molecule has 114 valence electrons. The fourth-order valence-electron chi connectivity index (χ4n) is 2.00. The van der Waals surface area contributed by atoms with Crippen LogP contribution in [0.5, 0.6) is 0 Å². The zero-order valence-corrected chi connectivity index (χ0v) is 12.8. The molecule has 21 heavy (non-hydrogen) atoms. The van der Waals surface area contributed by atoms with Crippen LogP contribution >= 0.6 is 0 Å². The molecule has 0 spiro atoms. The molecule has 0 bridgehead atoms. The van der Waals surface area contributed by atoms with Crippen LogP contribution in [0.4, 0.5) is 4.79 Å². The Bertz CT molecular complexity index is 669. The Kier molecular flexibility index (Phi) is 4.02. The maximum Gasteiger partial charge on any atom is 0.327 e. The van der Waals surface area contributed by atoms with Gasteiger partial charge < -0.3 is 4.90 Å². The minimum Gasteiger partial charge on any atom is -0.310 e. The summed E-state index contributed by atoms with van der Waals surface area (Å²) in [7, 11) is -0.970. The second-order valence-corrected chi connectivity index (χ2v) is 6.71. The van der Waals surface area contributed by atoms with Crippen LogP contribution in [0, 0.1) is 6.92 Å². The summed E-state index contributed by atoms with van der Waals surface area (Å²) in [6.07, 6.45) is -0.975. The lowest BCUT2D eigenvalue weighted by Crippen LogP contribution is -2.59. The van der Waals surface area contributed by atoms with Gasteiger partial charge in [0.15, 0.2) is 0 Å². The van der Waals surface area contributed by atoms with Gasteiger partial charge in [0.05, 0.1) is 11.3 Å². The molecule has 2 rings (SSSR count). The van der Waals surface area contributed by atoms with E-state index in [1.165, 1.54) is 31.1 Å². The zero-order valence-electron chi connectivity index (χ0n) is 12.0. The molecule has 0 aliphatic carbocycles. The number of hydrogen-bond donors (Lipinski definition) is 1. The number of hydrogen-bond acceptors (Lipinski definition) is 4. The van der Waals surface area contributed by atoms with Gasteiger partial charge in [0.25, 0.3) is 0 Å². The van der Waals surface area contributed by atoms with Crippen molar-refractivity contribution in [3.63, 3.8) is 0 Å². The summed E-state index contributed by atoms with van der Waals surface area (Å²) < 4.78 is 26.9. The molecular weight excluding hydrogens is 294 g/mol. The van der Waals surface area contributed by atoms with E-state index in [2.05, 4.69) is 4.72 Å². The number of aryl methyl sites for hydroxylation is 1. The lowest BCUT2D eigenvalue weighted by molar-refractivity contribution is -0.131. The number of rotatable bonds is 3. The van der Waals surface area contributed by atoms with E-state index in [-0.39, 0.29) is 11.3 Å². The van der Waals surface area contributed by atoms with Gasteiger partial charge in [-0.25, -0.2) is 13.2 Å². The summed E-state index contributed by atoms with van der Waals surface area (Å²) in [6.45, 7) is 1.85. The van der Waals surface area contributed by atoms with Crippen molar-refractivity contribution in [2.75, 3.05) is 14.1 Å². The highest BCUT2D eigenvalue weighted by atomic mass is 32.2. The van der Waals surface area contributed by atoms with E-state index in [0.717, 1.165) is 10.5 Å². The summed E-state index contributed by atoms with van der Waals surface area (Å²) >= 11 is 0. The van der Waals surface area contributed by atoms with Crippen molar-refractivity contribution in [3.05, 3.63) is 29.8 Å². The molecule has 3 amide bonds. The predicted molar refractivity (Wildman–Crippen MR) is 75.8 cm³/mol. The molecule has 0 aromatic heterocycles. The number of imide groups is 1. The highest BCUT2D eigenvalue weighted by molar-refractivity contribution is 7.89. The molecule has 1 fully saturated rings. The van der Waals surface area contributed by atoms with Crippen LogP contribution in [0.2, 0.25) is 0 Å². The van der Waals surface area contributed by atoms with Crippen LogP contribution < -0.4 is 4.72 Å². The molecule has 1 N–H and O–H groups in total. The summed E-state index contributed by atoms with van der Waals surface area (Å²) in [5, 5.41) is 0. The highest BCUT2D eigenvalue weighted by Crippen LogP contribution is 2.16. The maximum atomic E-state index is 12.3. The maximum absolute atomic E-state index is 12.3. The van der Waals surface area contributed by atoms with E-state index in [1.54, 1.807) is 12.1 Å². The predicted octanol–water partition coefficient (Wildman–Crippen LogP) is 0.513. The van der Waals surface area contributed by atoms with Crippen LogP contribution in [0.1, 0.15) is 12.0 Å². The summed E-state index contributed by atoms with van der Waals surface area (Å²) in [5.74, 6) is -0.422. The molecule has 0 radical (unpaired) electrons. The van der Waals surface area contributed by atoms with Gasteiger partial charge >= 0.3 is 6.03 Å². The van der Waals surface area contributed by atoms with E-state index < -0.39 is 28.1 Å². The first kappa shape index (κ1) is 15.5. The number of carbonyl (C=O) groups is 2. The molecule has 8 heteroatoms. The first-order valence-electron chi connectivity index (χ1n) is 6.35. The second kappa shape index (κ2) is 5.45. The molecule has 7 nitrogen and oxygen atoms in total. The van der Waals surface area contributed by atoms with Gasteiger partial charge in [0.2, 0.25) is 15.9 Å². The van der Waals surface area contributed by atoms with Crippen LogP contribution in [0.25, 0.3) is 0 Å². The summed E-state index contributed by atoms with van der Waals surface area (Å²) in [4.78, 5) is 25.7. The molecule has 1 atom stereocenters. The number of sulfonamides is 1. The number of carbonyl (C=O) groups excluding carboxylic acids is 2. The minimum atomic E-state index is -3.79. The topological polar surface area (TPSA) is 86.8 Å². The van der Waals surface area contributed by atoms with Crippen molar-refractivity contribution in [3.8, 4) is 0 Å². The van der Waals surface area contributed by atoms with Crippen LogP contribution in [-0.2, 0) is 14.8 Å². The van der Waals surface area contributed by atoms with Gasteiger partial charge in [0.1, 0.15) is 6.17 Å². The van der Waals surface area contributed by atoms with Crippen molar-refractivity contribution in [1.82, 2.24) is 14.5 Å². The molecule has 1 saturated heterocycles. The van der Waals surface area contributed by atoms with Crippen molar-refractivity contribution in [2.45, 2.75) is 24.4 Å². The molecule has 1 heterocycles. The monoisotopic (exact) mass is 311 g/mol. The van der Waals surface area contributed by atoms with Crippen molar-refractivity contribution in [2.24, 2.45) is 0 Å². The minimum absolute atomic E-state index is 0.0934. The van der Waals surface area contributed by atoms with E-state index in [1.807, 2.05) is 6.92 Å². The third-order valence-electron chi connectivity index (χ3n) is 3.42. The van der Waals surface area contributed by atoms with Crippen molar-refractivity contribution in [1.29, 1.82) is 0 Å². The molecule has 0 saturated carbocycles. The SMILES string of the molecule is Cc1ccc(S(=O)(=O)NC2CC(=O)N(C)C(=O)N2C)cc1. The fraction of sp³-hybridized carbons (Fsp3) is 0.385. The quantitative estimate of drug-likeness (QED) is 0.881. The lowest BCUT2D eigenvalue weighted by atomic mass is 10.2. The molecule has 1 aromatic rings. The number of benzene rings is 1. The smallest absolute Gasteiger partial charge is 0.310 e. The molecule has 1 aliphatic heterocycles. The first-order valence-corrected chi connectivity index (χ1v) is 7.83. The standard InChI is InChI=1S/C13H17N3O4S/c1-9-4-6-10(7-5-9)21(19,20)14-11-8-12(17)16(3)13(18)15(11)2/h4-7,11,14H,8H2,1-3H3. The Morgan fingerprint density at radius 3 is 2.29 bits per heavy atom. The Morgan fingerprint density at radius 2 is 1.71 bits per heavy atom. The first-order chi connectivity index (χ1) is 9.72. The number of urea groups is 1. The van der Waals surface area contributed by atoms with Crippen molar-refractivity contribution >= 4 is 22.0 Å².